The fourth-order valence-corrected chi connectivity index (χ4v) is 4.37. The zero-order valence-corrected chi connectivity index (χ0v) is 15.6. The molecule has 0 bridgehead atoms. The van der Waals surface area contributed by atoms with E-state index in [1.54, 1.807) is 0 Å². The molecule has 0 saturated heterocycles. The Morgan fingerprint density at radius 1 is 1.21 bits per heavy atom. The van der Waals surface area contributed by atoms with Crippen molar-refractivity contribution < 1.29 is 13.2 Å². The Morgan fingerprint density at radius 2 is 1.79 bits per heavy atom. The van der Waals surface area contributed by atoms with Crippen LogP contribution >= 0.6 is 0 Å². The van der Waals surface area contributed by atoms with Gasteiger partial charge in [0.05, 0.1) is 6.26 Å². The number of anilines is 1. The van der Waals surface area contributed by atoms with Crippen LogP contribution in [0.5, 0.6) is 0 Å². The van der Waals surface area contributed by atoms with Gasteiger partial charge >= 0.3 is 0 Å². The van der Waals surface area contributed by atoms with Crippen molar-refractivity contribution in [3.63, 3.8) is 0 Å². The van der Waals surface area contributed by atoms with E-state index in [1.807, 2.05) is 24.3 Å². The van der Waals surface area contributed by atoms with Gasteiger partial charge in [-0.15, -0.1) is 0 Å². The molecule has 0 atom stereocenters. The molecule has 1 aliphatic rings. The van der Waals surface area contributed by atoms with Crippen molar-refractivity contribution in [1.82, 2.24) is 4.31 Å². The van der Waals surface area contributed by atoms with Crippen LogP contribution in [-0.2, 0) is 14.8 Å². The molecule has 0 radical (unpaired) electrons. The zero-order chi connectivity index (χ0) is 17.7. The predicted octanol–water partition coefficient (Wildman–Crippen LogP) is 3.34. The first-order chi connectivity index (χ1) is 11.3. The normalized spacial score (nSPS) is 16.0. The maximum atomic E-state index is 12.1. The van der Waals surface area contributed by atoms with E-state index in [0.717, 1.165) is 31.4 Å². The maximum Gasteiger partial charge on any atom is 0.225 e. The monoisotopic (exact) mass is 352 g/mol. The quantitative estimate of drug-likeness (QED) is 0.818. The molecule has 0 heterocycles. The van der Waals surface area contributed by atoms with Gasteiger partial charge < -0.3 is 5.32 Å². The molecule has 2 rings (SSSR count). The summed E-state index contributed by atoms with van der Waals surface area (Å²) in [6.07, 6.45) is 5.32. The van der Waals surface area contributed by atoms with Crippen LogP contribution < -0.4 is 5.32 Å². The van der Waals surface area contributed by atoms with Crippen molar-refractivity contribution >= 4 is 21.6 Å². The lowest BCUT2D eigenvalue weighted by atomic mass is 10.0. The number of hydrogen-bond donors (Lipinski definition) is 1. The lowest BCUT2D eigenvalue weighted by Crippen LogP contribution is -2.39. The SMILES string of the molecule is CC(C)c1ccc(NC(=O)CCN(C2CCCC2)S(C)(=O)=O)cc1. The average Bonchev–Trinajstić information content (AvgIpc) is 3.00. The van der Waals surface area contributed by atoms with Gasteiger partial charge in [-0.1, -0.05) is 38.8 Å². The number of nitrogens with zero attached hydrogens (tertiary/aromatic N) is 1. The van der Waals surface area contributed by atoms with E-state index in [0.29, 0.717) is 5.92 Å². The summed E-state index contributed by atoms with van der Waals surface area (Å²) in [6, 6.07) is 7.83. The Morgan fingerprint density at radius 3 is 2.29 bits per heavy atom. The van der Waals surface area contributed by atoms with Gasteiger partial charge in [-0.05, 0) is 36.5 Å². The topological polar surface area (TPSA) is 66.5 Å². The Balaban J connectivity index is 1.91. The van der Waals surface area contributed by atoms with E-state index in [1.165, 1.54) is 16.1 Å². The summed E-state index contributed by atoms with van der Waals surface area (Å²) < 4.78 is 25.5. The molecular formula is C18H28N2O3S. The second-order valence-electron chi connectivity index (χ2n) is 6.89. The van der Waals surface area contributed by atoms with Crippen molar-refractivity contribution in [2.45, 2.75) is 57.9 Å². The number of amides is 1. The van der Waals surface area contributed by atoms with Crippen LogP contribution in [0.15, 0.2) is 24.3 Å². The van der Waals surface area contributed by atoms with Gasteiger partial charge in [-0.25, -0.2) is 8.42 Å². The Kier molecular flexibility index (Phi) is 6.40. The first-order valence-corrected chi connectivity index (χ1v) is 10.5. The van der Waals surface area contributed by atoms with Gasteiger partial charge in [-0.3, -0.25) is 4.79 Å². The third-order valence-corrected chi connectivity index (χ3v) is 5.91. The van der Waals surface area contributed by atoms with Crippen molar-refractivity contribution in [2.24, 2.45) is 0 Å². The fourth-order valence-electron chi connectivity index (χ4n) is 3.20. The Labute approximate surface area is 145 Å². The average molecular weight is 352 g/mol. The van der Waals surface area contributed by atoms with Crippen LogP contribution in [0, 0.1) is 0 Å². The van der Waals surface area contributed by atoms with Crippen molar-refractivity contribution in [2.75, 3.05) is 18.1 Å². The van der Waals surface area contributed by atoms with Crippen LogP contribution in [0.3, 0.4) is 0 Å². The number of rotatable bonds is 7. The largest absolute Gasteiger partial charge is 0.326 e. The molecule has 0 aromatic heterocycles. The summed E-state index contributed by atoms with van der Waals surface area (Å²) in [5.74, 6) is 0.295. The van der Waals surface area contributed by atoms with Crippen LogP contribution in [0.1, 0.15) is 57.4 Å². The Bertz CT molecular complexity index is 647. The molecule has 1 aromatic carbocycles. The van der Waals surface area contributed by atoms with E-state index in [-0.39, 0.29) is 24.9 Å². The third kappa shape index (κ3) is 5.31. The molecule has 5 nitrogen and oxygen atoms in total. The van der Waals surface area contributed by atoms with Gasteiger partial charge in [-0.2, -0.15) is 4.31 Å². The number of sulfonamides is 1. The summed E-state index contributed by atoms with van der Waals surface area (Å²) in [5.41, 5.74) is 1.97. The number of carbonyl (C=O) groups excluding carboxylic acids is 1. The van der Waals surface area contributed by atoms with E-state index in [2.05, 4.69) is 19.2 Å². The molecule has 0 unspecified atom stereocenters. The smallest absolute Gasteiger partial charge is 0.225 e. The standard InChI is InChI=1S/C18H28N2O3S/c1-14(2)15-8-10-16(11-9-15)19-18(21)12-13-20(24(3,22)23)17-6-4-5-7-17/h8-11,14,17H,4-7,12-13H2,1-3H3,(H,19,21). The van der Waals surface area contributed by atoms with E-state index >= 15 is 0 Å². The molecule has 1 amide bonds. The summed E-state index contributed by atoms with van der Waals surface area (Å²) in [4.78, 5) is 12.1. The lowest BCUT2D eigenvalue weighted by molar-refractivity contribution is -0.116. The molecule has 24 heavy (non-hydrogen) atoms. The molecule has 6 heteroatoms. The first kappa shape index (κ1) is 18.9. The highest BCUT2D eigenvalue weighted by molar-refractivity contribution is 7.88. The second kappa shape index (κ2) is 8.12. The zero-order valence-electron chi connectivity index (χ0n) is 14.8. The van der Waals surface area contributed by atoms with Gasteiger partial charge in [0, 0.05) is 24.7 Å². The highest BCUT2D eigenvalue weighted by Crippen LogP contribution is 2.25. The molecule has 134 valence electrons. The van der Waals surface area contributed by atoms with Crippen LogP contribution in [0.4, 0.5) is 5.69 Å². The Hall–Kier alpha value is -1.40. The summed E-state index contributed by atoms with van der Waals surface area (Å²) in [7, 11) is -3.28. The molecular weight excluding hydrogens is 324 g/mol. The highest BCUT2D eigenvalue weighted by Gasteiger charge is 2.29. The maximum absolute atomic E-state index is 12.1. The number of carbonyl (C=O) groups is 1. The highest BCUT2D eigenvalue weighted by atomic mass is 32.2. The number of nitrogens with one attached hydrogen (secondary N) is 1. The molecule has 1 aliphatic carbocycles. The van der Waals surface area contributed by atoms with Crippen molar-refractivity contribution in [3.8, 4) is 0 Å². The number of benzene rings is 1. The molecule has 1 N–H and O–H groups in total. The van der Waals surface area contributed by atoms with E-state index in [9.17, 15) is 13.2 Å². The molecule has 1 aromatic rings. The van der Waals surface area contributed by atoms with Crippen LogP contribution in [-0.4, -0.2) is 37.5 Å². The summed E-state index contributed by atoms with van der Waals surface area (Å²) in [6.45, 7) is 4.49. The van der Waals surface area contributed by atoms with Crippen molar-refractivity contribution in [3.05, 3.63) is 29.8 Å². The van der Waals surface area contributed by atoms with Gasteiger partial charge in [0.15, 0.2) is 0 Å². The fraction of sp³-hybridized carbons (Fsp3) is 0.611. The summed E-state index contributed by atoms with van der Waals surface area (Å²) >= 11 is 0. The molecule has 1 saturated carbocycles. The van der Waals surface area contributed by atoms with Gasteiger partial charge in [0.25, 0.3) is 0 Å². The van der Waals surface area contributed by atoms with E-state index in [4.69, 9.17) is 0 Å². The first-order valence-electron chi connectivity index (χ1n) is 8.64. The molecule has 0 aliphatic heterocycles. The van der Waals surface area contributed by atoms with E-state index < -0.39 is 10.0 Å². The van der Waals surface area contributed by atoms with Crippen LogP contribution in [0.2, 0.25) is 0 Å². The lowest BCUT2D eigenvalue weighted by Gasteiger charge is -2.26. The van der Waals surface area contributed by atoms with Gasteiger partial charge in [0.2, 0.25) is 15.9 Å². The van der Waals surface area contributed by atoms with Crippen LogP contribution in [0.25, 0.3) is 0 Å². The van der Waals surface area contributed by atoms with Crippen molar-refractivity contribution in [1.29, 1.82) is 0 Å². The predicted molar refractivity (Wildman–Crippen MR) is 97.6 cm³/mol. The minimum atomic E-state index is -3.28. The minimum Gasteiger partial charge on any atom is -0.326 e. The second-order valence-corrected chi connectivity index (χ2v) is 8.82. The molecule has 0 spiro atoms. The van der Waals surface area contributed by atoms with Gasteiger partial charge in [0.1, 0.15) is 0 Å². The summed E-state index contributed by atoms with van der Waals surface area (Å²) in [5, 5.41) is 2.85. The minimum absolute atomic E-state index is 0.0538. The third-order valence-electron chi connectivity index (χ3n) is 4.58. The number of hydrogen-bond acceptors (Lipinski definition) is 3. The molecule has 1 fully saturated rings.